The van der Waals surface area contributed by atoms with E-state index in [1.54, 1.807) is 12.1 Å². The van der Waals surface area contributed by atoms with Crippen LogP contribution in [0.4, 0.5) is 0 Å². The van der Waals surface area contributed by atoms with Gasteiger partial charge in [0.05, 0.1) is 0 Å². The van der Waals surface area contributed by atoms with Gasteiger partial charge in [-0.05, 0) is 39.9 Å². The number of hydrogen-bond donors (Lipinski definition) is 1. The Morgan fingerprint density at radius 3 is 2.53 bits per heavy atom. The van der Waals surface area contributed by atoms with Crippen LogP contribution < -0.4 is 5.32 Å². The Kier molecular flexibility index (Phi) is 5.25. The number of alkyl halides is 1. The zero-order valence-electron chi connectivity index (χ0n) is 10.2. The Hall–Kier alpha value is -0.290. The van der Waals surface area contributed by atoms with E-state index in [-0.39, 0.29) is 17.4 Å². The van der Waals surface area contributed by atoms with Gasteiger partial charge in [0.1, 0.15) is 0 Å². The molecular weight excluding hydrogens is 350 g/mol. The summed E-state index contributed by atoms with van der Waals surface area (Å²) in [5.74, 6) is 0.164. The van der Waals surface area contributed by atoms with Crippen molar-refractivity contribution in [1.29, 1.82) is 0 Å². The molecule has 0 aromatic carbocycles. The molecule has 1 aromatic heterocycles. The molecule has 1 atom stereocenters. The van der Waals surface area contributed by atoms with E-state index in [4.69, 9.17) is 4.42 Å². The zero-order chi connectivity index (χ0) is 13.1. The van der Waals surface area contributed by atoms with Crippen molar-refractivity contribution in [2.24, 2.45) is 5.41 Å². The fourth-order valence-electron chi connectivity index (χ4n) is 1.50. The number of carbonyl (C=O) groups is 1. The lowest BCUT2D eigenvalue weighted by molar-refractivity contribution is 0.0871. The Labute approximate surface area is 119 Å². The van der Waals surface area contributed by atoms with Crippen molar-refractivity contribution < 1.29 is 9.21 Å². The van der Waals surface area contributed by atoms with E-state index < -0.39 is 0 Å². The number of furan rings is 1. The molecule has 0 fully saturated rings. The molecule has 1 amide bonds. The summed E-state index contributed by atoms with van der Waals surface area (Å²) >= 11 is 6.59. The number of amides is 1. The molecule has 1 N–H and O–H groups in total. The smallest absolute Gasteiger partial charge is 0.287 e. The van der Waals surface area contributed by atoms with Crippen LogP contribution in [0.15, 0.2) is 21.2 Å². The second kappa shape index (κ2) is 6.05. The number of nitrogens with one attached hydrogen (secondary N) is 1. The SMILES string of the molecule is CC(C)(C)C(CCBr)NC(=O)c1ccc(Br)o1. The van der Waals surface area contributed by atoms with Gasteiger partial charge in [0.2, 0.25) is 0 Å². The highest BCUT2D eigenvalue weighted by molar-refractivity contribution is 9.10. The van der Waals surface area contributed by atoms with Crippen LogP contribution in [0, 0.1) is 5.41 Å². The third kappa shape index (κ3) is 4.47. The first-order chi connectivity index (χ1) is 7.84. The molecule has 17 heavy (non-hydrogen) atoms. The first-order valence-electron chi connectivity index (χ1n) is 5.46. The van der Waals surface area contributed by atoms with Gasteiger partial charge >= 0.3 is 0 Å². The van der Waals surface area contributed by atoms with Crippen LogP contribution in [-0.4, -0.2) is 17.3 Å². The first kappa shape index (κ1) is 14.8. The lowest BCUT2D eigenvalue weighted by Crippen LogP contribution is -2.43. The van der Waals surface area contributed by atoms with Crippen LogP contribution in [0.2, 0.25) is 0 Å². The molecule has 96 valence electrons. The number of halogens is 2. The van der Waals surface area contributed by atoms with E-state index >= 15 is 0 Å². The fraction of sp³-hybridized carbons (Fsp3) is 0.583. The third-order valence-corrected chi connectivity index (χ3v) is 3.43. The molecule has 0 saturated heterocycles. The summed E-state index contributed by atoms with van der Waals surface area (Å²) in [6, 6.07) is 3.48. The second-order valence-electron chi connectivity index (χ2n) is 4.97. The van der Waals surface area contributed by atoms with E-state index in [0.717, 1.165) is 11.8 Å². The van der Waals surface area contributed by atoms with Crippen LogP contribution in [0.3, 0.4) is 0 Å². The van der Waals surface area contributed by atoms with Crippen molar-refractivity contribution in [1.82, 2.24) is 5.32 Å². The maximum Gasteiger partial charge on any atom is 0.287 e. The predicted molar refractivity (Wildman–Crippen MR) is 75.5 cm³/mol. The molecule has 1 heterocycles. The summed E-state index contributed by atoms with van der Waals surface area (Å²) in [5.41, 5.74) is 0.0211. The Morgan fingerprint density at radius 1 is 1.47 bits per heavy atom. The number of hydrogen-bond acceptors (Lipinski definition) is 2. The first-order valence-corrected chi connectivity index (χ1v) is 7.38. The molecular formula is C12H17Br2NO2. The van der Waals surface area contributed by atoms with Gasteiger partial charge in [0.15, 0.2) is 10.4 Å². The molecule has 0 saturated carbocycles. The van der Waals surface area contributed by atoms with Crippen molar-refractivity contribution in [3.63, 3.8) is 0 Å². The molecule has 0 radical (unpaired) electrons. The summed E-state index contributed by atoms with van der Waals surface area (Å²) in [7, 11) is 0. The van der Waals surface area contributed by atoms with Gasteiger partial charge < -0.3 is 9.73 Å². The van der Waals surface area contributed by atoms with Crippen molar-refractivity contribution >= 4 is 37.8 Å². The minimum absolute atomic E-state index is 0.0211. The summed E-state index contributed by atoms with van der Waals surface area (Å²) in [6.45, 7) is 6.33. The molecule has 3 nitrogen and oxygen atoms in total. The predicted octanol–water partition coefficient (Wildman–Crippen LogP) is 3.97. The van der Waals surface area contributed by atoms with Crippen LogP contribution in [0.25, 0.3) is 0 Å². The van der Waals surface area contributed by atoms with E-state index in [9.17, 15) is 4.79 Å². The molecule has 0 aliphatic carbocycles. The quantitative estimate of drug-likeness (QED) is 0.819. The van der Waals surface area contributed by atoms with Gasteiger partial charge in [-0.3, -0.25) is 4.79 Å². The van der Waals surface area contributed by atoms with Crippen LogP contribution in [-0.2, 0) is 0 Å². The van der Waals surface area contributed by atoms with E-state index in [1.807, 2.05) is 0 Å². The Morgan fingerprint density at radius 2 is 2.12 bits per heavy atom. The van der Waals surface area contributed by atoms with Crippen LogP contribution >= 0.6 is 31.9 Å². The molecule has 0 spiro atoms. The van der Waals surface area contributed by atoms with Gasteiger partial charge in [-0.25, -0.2) is 0 Å². The average Bonchev–Trinajstić information content (AvgIpc) is 2.62. The maximum atomic E-state index is 11.9. The standard InChI is InChI=1S/C12H17Br2NO2/c1-12(2,3)9(6-7-13)15-11(16)8-4-5-10(14)17-8/h4-5,9H,6-7H2,1-3H3,(H,15,16). The minimum atomic E-state index is -0.170. The average molecular weight is 367 g/mol. The van der Waals surface area contributed by atoms with E-state index in [0.29, 0.717) is 10.4 Å². The Balaban J connectivity index is 2.71. The van der Waals surface area contributed by atoms with Crippen molar-refractivity contribution in [2.75, 3.05) is 5.33 Å². The zero-order valence-corrected chi connectivity index (χ0v) is 13.4. The normalized spacial score (nSPS) is 13.5. The Bertz CT molecular complexity index is 382. The molecule has 1 rings (SSSR count). The summed E-state index contributed by atoms with van der Waals surface area (Å²) in [4.78, 5) is 11.9. The molecule has 5 heteroatoms. The monoisotopic (exact) mass is 365 g/mol. The molecule has 0 aliphatic rings. The molecule has 1 aromatic rings. The molecule has 0 aliphatic heterocycles. The lowest BCUT2D eigenvalue weighted by Gasteiger charge is -2.30. The minimum Gasteiger partial charge on any atom is -0.444 e. The molecule has 0 bridgehead atoms. The second-order valence-corrected chi connectivity index (χ2v) is 6.55. The highest BCUT2D eigenvalue weighted by Crippen LogP contribution is 2.23. The van der Waals surface area contributed by atoms with Crippen LogP contribution in [0.5, 0.6) is 0 Å². The summed E-state index contributed by atoms with van der Waals surface area (Å²) in [6.07, 6.45) is 0.886. The summed E-state index contributed by atoms with van der Waals surface area (Å²) < 4.78 is 5.80. The van der Waals surface area contributed by atoms with E-state index in [2.05, 4.69) is 57.9 Å². The van der Waals surface area contributed by atoms with Crippen molar-refractivity contribution in [3.8, 4) is 0 Å². The lowest BCUT2D eigenvalue weighted by atomic mass is 9.85. The van der Waals surface area contributed by atoms with Crippen molar-refractivity contribution in [3.05, 3.63) is 22.6 Å². The summed E-state index contributed by atoms with van der Waals surface area (Å²) in [5, 5.41) is 3.86. The van der Waals surface area contributed by atoms with Gasteiger partial charge in [0, 0.05) is 11.4 Å². The highest BCUT2D eigenvalue weighted by atomic mass is 79.9. The third-order valence-electron chi connectivity index (χ3n) is 2.55. The van der Waals surface area contributed by atoms with Gasteiger partial charge in [-0.15, -0.1) is 0 Å². The maximum absolute atomic E-state index is 11.9. The van der Waals surface area contributed by atoms with Gasteiger partial charge in [0.25, 0.3) is 5.91 Å². The fourth-order valence-corrected chi connectivity index (χ4v) is 2.26. The van der Waals surface area contributed by atoms with E-state index in [1.165, 1.54) is 0 Å². The van der Waals surface area contributed by atoms with Crippen molar-refractivity contribution in [2.45, 2.75) is 33.2 Å². The van der Waals surface area contributed by atoms with Gasteiger partial charge in [-0.1, -0.05) is 36.7 Å². The number of rotatable bonds is 4. The highest BCUT2D eigenvalue weighted by Gasteiger charge is 2.26. The largest absolute Gasteiger partial charge is 0.444 e. The topological polar surface area (TPSA) is 42.2 Å². The number of carbonyl (C=O) groups excluding carboxylic acids is 1. The molecule has 1 unspecified atom stereocenters. The van der Waals surface area contributed by atoms with Crippen LogP contribution in [0.1, 0.15) is 37.7 Å². The van der Waals surface area contributed by atoms with Gasteiger partial charge in [-0.2, -0.15) is 0 Å².